The van der Waals surface area contributed by atoms with Gasteiger partial charge in [-0.3, -0.25) is 4.79 Å². The summed E-state index contributed by atoms with van der Waals surface area (Å²) >= 11 is 0. The van der Waals surface area contributed by atoms with Gasteiger partial charge in [-0.05, 0) is 62.4 Å². The third kappa shape index (κ3) is 5.45. The van der Waals surface area contributed by atoms with Crippen LogP contribution in [0.2, 0.25) is 0 Å². The van der Waals surface area contributed by atoms with Crippen LogP contribution in [0.1, 0.15) is 42.6 Å². The lowest BCUT2D eigenvalue weighted by Crippen LogP contribution is -2.38. The third-order valence-electron chi connectivity index (χ3n) is 6.22. The maximum absolute atomic E-state index is 13.0. The Hall–Kier alpha value is -3.47. The van der Waals surface area contributed by atoms with Crippen LogP contribution < -0.4 is 5.32 Å². The van der Waals surface area contributed by atoms with Gasteiger partial charge in [0, 0.05) is 43.8 Å². The van der Waals surface area contributed by atoms with Crippen molar-refractivity contribution in [2.75, 3.05) is 19.4 Å². The maximum atomic E-state index is 13.0. The lowest BCUT2D eigenvalue weighted by atomic mass is 9.77. The number of anilines is 2. The van der Waals surface area contributed by atoms with Crippen molar-refractivity contribution in [3.05, 3.63) is 59.9 Å². The molecular formula is C24H27F3N6O2. The SMILES string of the molecule is Cc1cc(Nc2nccc(C(F)(F)F)n2)cc(-n2cnc([C@]3(O)CC[C@@H](C(=O)N(C)C)CC3)c2)c1. The number of amides is 1. The number of nitrogens with one attached hydrogen (secondary N) is 1. The number of carbonyl (C=O) groups is 1. The molecule has 186 valence electrons. The summed E-state index contributed by atoms with van der Waals surface area (Å²) in [5.74, 6) is -0.195. The minimum atomic E-state index is -4.57. The van der Waals surface area contributed by atoms with Gasteiger partial charge in [-0.1, -0.05) is 0 Å². The Bertz CT molecular complexity index is 1220. The lowest BCUT2D eigenvalue weighted by Gasteiger charge is -2.35. The molecule has 0 bridgehead atoms. The number of nitrogens with zero attached hydrogens (tertiary/aromatic N) is 5. The monoisotopic (exact) mass is 488 g/mol. The van der Waals surface area contributed by atoms with Gasteiger partial charge in [-0.2, -0.15) is 13.2 Å². The van der Waals surface area contributed by atoms with E-state index in [9.17, 15) is 23.1 Å². The molecule has 0 spiro atoms. The summed E-state index contributed by atoms with van der Waals surface area (Å²) < 4.78 is 40.7. The molecule has 35 heavy (non-hydrogen) atoms. The first-order valence-electron chi connectivity index (χ1n) is 11.2. The zero-order chi connectivity index (χ0) is 25.4. The highest BCUT2D eigenvalue weighted by Gasteiger charge is 2.39. The van der Waals surface area contributed by atoms with Crippen molar-refractivity contribution in [1.29, 1.82) is 0 Å². The van der Waals surface area contributed by atoms with Crippen molar-refractivity contribution in [1.82, 2.24) is 24.4 Å². The summed E-state index contributed by atoms with van der Waals surface area (Å²) in [7, 11) is 3.46. The van der Waals surface area contributed by atoms with Gasteiger partial charge in [0.05, 0.1) is 12.0 Å². The Morgan fingerprint density at radius 3 is 2.57 bits per heavy atom. The van der Waals surface area contributed by atoms with E-state index in [4.69, 9.17) is 0 Å². The molecule has 3 aromatic rings. The average molecular weight is 489 g/mol. The number of aliphatic hydroxyl groups is 1. The highest BCUT2D eigenvalue weighted by molar-refractivity contribution is 5.78. The number of imidazole rings is 1. The molecule has 1 aromatic carbocycles. The molecule has 0 saturated heterocycles. The van der Waals surface area contributed by atoms with Crippen LogP contribution in [0.4, 0.5) is 24.8 Å². The first-order valence-corrected chi connectivity index (χ1v) is 11.2. The molecule has 1 aliphatic rings. The van der Waals surface area contributed by atoms with Gasteiger partial charge in [0.25, 0.3) is 0 Å². The number of hydrogen-bond donors (Lipinski definition) is 2. The summed E-state index contributed by atoms with van der Waals surface area (Å²) in [6.07, 6.45) is 1.84. The first-order chi connectivity index (χ1) is 16.4. The summed E-state index contributed by atoms with van der Waals surface area (Å²) in [5, 5.41) is 14.0. The van der Waals surface area contributed by atoms with Gasteiger partial charge < -0.3 is 19.9 Å². The minimum Gasteiger partial charge on any atom is -0.383 e. The molecule has 2 heterocycles. The van der Waals surface area contributed by atoms with Crippen LogP contribution in [-0.2, 0) is 16.6 Å². The summed E-state index contributed by atoms with van der Waals surface area (Å²) in [6, 6.07) is 6.20. The fourth-order valence-corrected chi connectivity index (χ4v) is 4.36. The molecular weight excluding hydrogens is 461 g/mol. The van der Waals surface area contributed by atoms with E-state index in [0.717, 1.165) is 17.8 Å². The number of carbonyl (C=O) groups excluding carboxylic acids is 1. The molecule has 2 aromatic heterocycles. The van der Waals surface area contributed by atoms with E-state index in [-0.39, 0.29) is 17.8 Å². The zero-order valence-corrected chi connectivity index (χ0v) is 19.7. The molecule has 1 saturated carbocycles. The predicted octanol–water partition coefficient (Wildman–Crippen LogP) is 4.20. The van der Waals surface area contributed by atoms with Gasteiger partial charge in [0.15, 0.2) is 0 Å². The number of rotatable bonds is 5. The van der Waals surface area contributed by atoms with Gasteiger partial charge >= 0.3 is 6.18 Å². The smallest absolute Gasteiger partial charge is 0.383 e. The quantitative estimate of drug-likeness (QED) is 0.559. The molecule has 4 rings (SSSR count). The van der Waals surface area contributed by atoms with Crippen LogP contribution in [0, 0.1) is 12.8 Å². The fourth-order valence-electron chi connectivity index (χ4n) is 4.36. The third-order valence-corrected chi connectivity index (χ3v) is 6.22. The van der Waals surface area contributed by atoms with E-state index in [2.05, 4.69) is 20.3 Å². The van der Waals surface area contributed by atoms with Gasteiger partial charge in [-0.25, -0.2) is 15.0 Å². The molecule has 1 amide bonds. The van der Waals surface area contributed by atoms with Crippen molar-refractivity contribution < 1.29 is 23.1 Å². The maximum Gasteiger partial charge on any atom is 0.433 e. The fraction of sp³-hybridized carbons (Fsp3) is 0.417. The molecule has 0 atom stereocenters. The van der Waals surface area contributed by atoms with Crippen molar-refractivity contribution in [2.45, 2.75) is 44.4 Å². The van der Waals surface area contributed by atoms with Crippen molar-refractivity contribution in [3.63, 3.8) is 0 Å². The number of aryl methyl sites for hydroxylation is 1. The second kappa shape index (κ2) is 9.29. The largest absolute Gasteiger partial charge is 0.433 e. The highest BCUT2D eigenvalue weighted by Crippen LogP contribution is 2.39. The molecule has 1 fully saturated rings. The summed E-state index contributed by atoms with van der Waals surface area (Å²) in [4.78, 5) is 25.7. The van der Waals surface area contributed by atoms with Crippen LogP contribution >= 0.6 is 0 Å². The first kappa shape index (κ1) is 24.6. The standard InChI is InChI=1S/C24H27F3N6O2/c1-15-10-17(30-22-28-9-6-19(31-22)24(25,26)27)12-18(11-15)33-13-20(29-14-33)23(35)7-4-16(5-8-23)21(34)32(2)3/h6,9-14,16,35H,4-5,7-8H2,1-3H3,(H,28,30,31)/t16-,23+. The molecule has 0 aliphatic heterocycles. The van der Waals surface area contributed by atoms with Crippen molar-refractivity contribution >= 4 is 17.5 Å². The van der Waals surface area contributed by atoms with E-state index in [1.807, 2.05) is 13.0 Å². The van der Waals surface area contributed by atoms with Gasteiger partial charge in [0.1, 0.15) is 11.3 Å². The predicted molar refractivity (Wildman–Crippen MR) is 123 cm³/mol. The molecule has 8 nitrogen and oxygen atoms in total. The Morgan fingerprint density at radius 2 is 1.91 bits per heavy atom. The van der Waals surface area contributed by atoms with E-state index < -0.39 is 17.5 Å². The highest BCUT2D eigenvalue weighted by atomic mass is 19.4. The Labute approximate surface area is 200 Å². The van der Waals surface area contributed by atoms with Gasteiger partial charge in [-0.15, -0.1) is 0 Å². The zero-order valence-electron chi connectivity index (χ0n) is 19.7. The summed E-state index contributed by atoms with van der Waals surface area (Å²) in [6.45, 7) is 1.86. The molecule has 0 unspecified atom stereocenters. The molecule has 1 aliphatic carbocycles. The number of alkyl halides is 3. The molecule has 0 radical (unpaired) electrons. The molecule has 11 heteroatoms. The van der Waals surface area contributed by atoms with E-state index in [1.165, 1.54) is 0 Å². The van der Waals surface area contributed by atoms with Crippen LogP contribution in [0.15, 0.2) is 43.0 Å². The topological polar surface area (TPSA) is 96.2 Å². The van der Waals surface area contributed by atoms with Crippen LogP contribution in [-0.4, -0.2) is 49.5 Å². The van der Waals surface area contributed by atoms with Crippen molar-refractivity contribution in [3.8, 4) is 5.69 Å². The Kier molecular flexibility index (Phi) is 6.54. The Balaban J connectivity index is 1.53. The van der Waals surface area contributed by atoms with Crippen molar-refractivity contribution in [2.24, 2.45) is 5.92 Å². The van der Waals surface area contributed by atoms with Crippen LogP contribution in [0.3, 0.4) is 0 Å². The lowest BCUT2D eigenvalue weighted by molar-refractivity contribution is -0.141. The minimum absolute atomic E-state index is 0.0714. The number of aromatic nitrogens is 4. The number of hydrogen-bond acceptors (Lipinski definition) is 6. The van der Waals surface area contributed by atoms with E-state index >= 15 is 0 Å². The number of benzene rings is 1. The average Bonchev–Trinajstić information content (AvgIpc) is 3.30. The molecule has 2 N–H and O–H groups in total. The van der Waals surface area contributed by atoms with E-state index in [0.29, 0.717) is 42.8 Å². The van der Waals surface area contributed by atoms with E-state index in [1.54, 1.807) is 48.2 Å². The second-order valence-corrected chi connectivity index (χ2v) is 9.15. The normalized spacial score (nSPS) is 20.5. The second-order valence-electron chi connectivity index (χ2n) is 9.15. The van der Waals surface area contributed by atoms with Crippen LogP contribution in [0.5, 0.6) is 0 Å². The summed E-state index contributed by atoms with van der Waals surface area (Å²) in [5.41, 5.74) is 0.441. The number of halogens is 3. The Morgan fingerprint density at radius 1 is 1.20 bits per heavy atom. The van der Waals surface area contributed by atoms with Gasteiger partial charge in [0.2, 0.25) is 11.9 Å². The van der Waals surface area contributed by atoms with Crippen LogP contribution in [0.25, 0.3) is 5.69 Å².